The molecule has 1 rings (SSSR count). The van der Waals surface area contributed by atoms with E-state index in [0.29, 0.717) is 6.61 Å². The second-order valence-corrected chi connectivity index (χ2v) is 5.82. The zero-order valence-electron chi connectivity index (χ0n) is 12.8. The highest BCUT2D eigenvalue weighted by atomic mass is 16.5. The van der Waals surface area contributed by atoms with Crippen molar-refractivity contribution < 1.29 is 9.84 Å². The monoisotopic (exact) mass is 265 g/mol. The lowest BCUT2D eigenvalue weighted by Gasteiger charge is -2.22. The predicted octanol–water partition coefficient (Wildman–Crippen LogP) is 3.21. The molecule has 0 aliphatic carbocycles. The normalized spacial score (nSPS) is 13.4. The molecule has 1 unspecified atom stereocenters. The first kappa shape index (κ1) is 16.0. The van der Waals surface area contributed by atoms with Crippen LogP contribution < -0.4 is 10.1 Å². The van der Waals surface area contributed by atoms with Gasteiger partial charge >= 0.3 is 0 Å². The number of ether oxygens (including phenoxy) is 1. The van der Waals surface area contributed by atoms with Gasteiger partial charge in [0.25, 0.3) is 0 Å². The molecule has 1 aromatic carbocycles. The fourth-order valence-electron chi connectivity index (χ4n) is 1.85. The zero-order chi connectivity index (χ0) is 14.5. The van der Waals surface area contributed by atoms with Gasteiger partial charge in [-0.05, 0) is 52.3 Å². The summed E-state index contributed by atoms with van der Waals surface area (Å²) in [4.78, 5) is 0. The number of hydrogen-bond donors (Lipinski definition) is 2. The Morgan fingerprint density at radius 3 is 2.63 bits per heavy atom. The van der Waals surface area contributed by atoms with Gasteiger partial charge in [-0.2, -0.15) is 0 Å². The lowest BCUT2D eigenvalue weighted by Crippen LogP contribution is -2.28. The Balaban J connectivity index is 2.85. The highest BCUT2D eigenvalue weighted by Gasteiger charge is 2.16. The molecule has 0 fully saturated rings. The van der Waals surface area contributed by atoms with Crippen molar-refractivity contribution in [3.8, 4) is 5.75 Å². The number of rotatable bonds is 7. The van der Waals surface area contributed by atoms with Gasteiger partial charge in [-0.15, -0.1) is 0 Å². The molecule has 0 amide bonds. The molecule has 3 nitrogen and oxygen atoms in total. The topological polar surface area (TPSA) is 41.5 Å². The fraction of sp³-hybridized carbons (Fsp3) is 0.625. The summed E-state index contributed by atoms with van der Waals surface area (Å²) in [6, 6.07) is 6.47. The quantitative estimate of drug-likeness (QED) is 0.795. The maximum Gasteiger partial charge on any atom is 0.124 e. The number of aliphatic hydroxyl groups is 1. The third kappa shape index (κ3) is 5.62. The van der Waals surface area contributed by atoms with Crippen LogP contribution in [-0.4, -0.2) is 23.9 Å². The maximum absolute atomic E-state index is 9.78. The maximum atomic E-state index is 9.78. The van der Waals surface area contributed by atoms with Crippen LogP contribution >= 0.6 is 0 Å². The fourth-order valence-corrected chi connectivity index (χ4v) is 1.85. The molecule has 19 heavy (non-hydrogen) atoms. The Morgan fingerprint density at radius 1 is 1.37 bits per heavy atom. The summed E-state index contributed by atoms with van der Waals surface area (Å²) in [7, 11) is 0. The summed E-state index contributed by atoms with van der Waals surface area (Å²) in [5.41, 5.74) is 1.49. The molecule has 0 heterocycles. The Labute approximate surface area is 117 Å². The Kier molecular flexibility index (Phi) is 5.83. The van der Waals surface area contributed by atoms with Crippen LogP contribution in [0.1, 0.15) is 51.3 Å². The lowest BCUT2D eigenvalue weighted by atomic mass is 10.0. The van der Waals surface area contributed by atoms with Crippen LogP contribution in [0.15, 0.2) is 18.2 Å². The van der Waals surface area contributed by atoms with E-state index in [0.717, 1.165) is 29.8 Å². The third-order valence-electron chi connectivity index (χ3n) is 2.92. The van der Waals surface area contributed by atoms with E-state index >= 15 is 0 Å². The van der Waals surface area contributed by atoms with Gasteiger partial charge in [0.2, 0.25) is 0 Å². The molecular formula is C16H27NO2. The van der Waals surface area contributed by atoms with Crippen LogP contribution in [-0.2, 0) is 0 Å². The minimum atomic E-state index is -0.818. The van der Waals surface area contributed by atoms with E-state index in [-0.39, 0.29) is 6.04 Å². The first-order valence-electron chi connectivity index (χ1n) is 7.02. The summed E-state index contributed by atoms with van der Waals surface area (Å²) in [6.07, 6.45) is 1.11. The largest absolute Gasteiger partial charge is 0.490 e. The van der Waals surface area contributed by atoms with Gasteiger partial charge in [-0.1, -0.05) is 19.1 Å². The molecule has 0 saturated carbocycles. The average molecular weight is 265 g/mol. The van der Waals surface area contributed by atoms with Gasteiger partial charge in [0.1, 0.15) is 12.4 Å². The molecule has 1 atom stereocenters. The molecule has 2 N–H and O–H groups in total. The van der Waals surface area contributed by atoms with Crippen molar-refractivity contribution in [2.75, 3.05) is 13.2 Å². The van der Waals surface area contributed by atoms with Crippen molar-refractivity contribution in [1.29, 1.82) is 0 Å². The molecule has 108 valence electrons. The summed E-state index contributed by atoms with van der Waals surface area (Å²) in [5, 5.41) is 13.2. The first-order valence-corrected chi connectivity index (χ1v) is 7.02. The number of aryl methyl sites for hydroxylation is 1. The second-order valence-electron chi connectivity index (χ2n) is 5.82. The second kappa shape index (κ2) is 6.92. The SMILES string of the molecule is CCCNC(C)c1ccc(C)cc1OCC(C)(C)O. The standard InChI is InChI=1S/C16H27NO2/c1-6-9-17-13(3)14-8-7-12(2)10-15(14)19-11-16(4,5)18/h7-8,10,13,17-18H,6,9,11H2,1-5H3. The summed E-state index contributed by atoms with van der Waals surface area (Å²) < 4.78 is 5.79. The van der Waals surface area contributed by atoms with Crippen molar-refractivity contribution in [3.05, 3.63) is 29.3 Å². The minimum Gasteiger partial charge on any atom is -0.490 e. The molecule has 0 saturated heterocycles. The van der Waals surface area contributed by atoms with Crippen LogP contribution in [0.4, 0.5) is 0 Å². The average Bonchev–Trinajstić information content (AvgIpc) is 2.32. The summed E-state index contributed by atoms with van der Waals surface area (Å²) in [5.74, 6) is 0.859. The molecule has 0 radical (unpaired) electrons. The number of benzene rings is 1. The molecule has 0 aliphatic rings. The van der Waals surface area contributed by atoms with Crippen LogP contribution in [0.5, 0.6) is 5.75 Å². The minimum absolute atomic E-state index is 0.248. The molecule has 3 heteroatoms. The van der Waals surface area contributed by atoms with Gasteiger partial charge in [-0.25, -0.2) is 0 Å². The lowest BCUT2D eigenvalue weighted by molar-refractivity contribution is 0.0280. The van der Waals surface area contributed by atoms with Gasteiger partial charge in [0, 0.05) is 11.6 Å². The zero-order valence-corrected chi connectivity index (χ0v) is 12.8. The number of hydrogen-bond acceptors (Lipinski definition) is 3. The van der Waals surface area contributed by atoms with E-state index in [2.05, 4.69) is 31.3 Å². The molecule has 0 aliphatic heterocycles. The molecule has 0 bridgehead atoms. The van der Waals surface area contributed by atoms with Crippen molar-refractivity contribution >= 4 is 0 Å². The Morgan fingerprint density at radius 2 is 2.05 bits per heavy atom. The van der Waals surface area contributed by atoms with Gasteiger partial charge in [0.15, 0.2) is 0 Å². The Bertz CT molecular complexity index is 396. The van der Waals surface area contributed by atoms with E-state index in [4.69, 9.17) is 4.74 Å². The first-order chi connectivity index (χ1) is 8.83. The van der Waals surface area contributed by atoms with E-state index in [9.17, 15) is 5.11 Å². The molecule has 0 spiro atoms. The predicted molar refractivity (Wildman–Crippen MR) is 79.7 cm³/mol. The van der Waals surface area contributed by atoms with Crippen molar-refractivity contribution in [1.82, 2.24) is 5.32 Å². The van der Waals surface area contributed by atoms with Crippen molar-refractivity contribution in [2.45, 2.75) is 52.7 Å². The van der Waals surface area contributed by atoms with Crippen LogP contribution in [0.3, 0.4) is 0 Å². The van der Waals surface area contributed by atoms with Crippen molar-refractivity contribution in [3.63, 3.8) is 0 Å². The van der Waals surface area contributed by atoms with Gasteiger partial charge in [0.05, 0.1) is 5.60 Å². The smallest absolute Gasteiger partial charge is 0.124 e. The highest BCUT2D eigenvalue weighted by Crippen LogP contribution is 2.27. The highest BCUT2D eigenvalue weighted by molar-refractivity contribution is 5.39. The van der Waals surface area contributed by atoms with Crippen molar-refractivity contribution in [2.24, 2.45) is 0 Å². The van der Waals surface area contributed by atoms with Gasteiger partial charge < -0.3 is 15.2 Å². The number of nitrogens with one attached hydrogen (secondary N) is 1. The van der Waals surface area contributed by atoms with Crippen LogP contribution in [0.2, 0.25) is 0 Å². The van der Waals surface area contributed by atoms with E-state index in [1.807, 2.05) is 13.0 Å². The molecule has 1 aromatic rings. The van der Waals surface area contributed by atoms with E-state index < -0.39 is 5.60 Å². The van der Waals surface area contributed by atoms with Gasteiger partial charge in [-0.3, -0.25) is 0 Å². The summed E-state index contributed by atoms with van der Waals surface area (Å²) >= 11 is 0. The Hall–Kier alpha value is -1.06. The summed E-state index contributed by atoms with van der Waals surface area (Å²) in [6.45, 7) is 11.1. The van der Waals surface area contributed by atoms with E-state index in [1.165, 1.54) is 0 Å². The molecular weight excluding hydrogens is 238 g/mol. The van der Waals surface area contributed by atoms with Crippen LogP contribution in [0, 0.1) is 6.92 Å². The van der Waals surface area contributed by atoms with Crippen LogP contribution in [0.25, 0.3) is 0 Å². The third-order valence-corrected chi connectivity index (χ3v) is 2.92. The van der Waals surface area contributed by atoms with E-state index in [1.54, 1.807) is 13.8 Å². The molecule has 0 aromatic heterocycles.